The molecule has 0 radical (unpaired) electrons. The van der Waals surface area contributed by atoms with Gasteiger partial charge >= 0.3 is 0 Å². The highest BCUT2D eigenvalue weighted by Gasteiger charge is 2.22. The first-order valence-electron chi connectivity index (χ1n) is 5.74. The number of thiophene rings is 1. The zero-order valence-electron chi connectivity index (χ0n) is 11.0. The molecule has 0 saturated carbocycles. The highest BCUT2D eigenvalue weighted by molar-refractivity contribution is 7.93. The summed E-state index contributed by atoms with van der Waals surface area (Å²) in [5.41, 5.74) is -0.0642. The van der Waals surface area contributed by atoms with Crippen molar-refractivity contribution in [3.05, 3.63) is 38.8 Å². The Labute approximate surface area is 140 Å². The first kappa shape index (κ1) is 17.0. The lowest BCUT2D eigenvalue weighted by atomic mass is 10.2. The number of carbonyl (C=O) groups is 1. The molecule has 2 rings (SSSR count). The van der Waals surface area contributed by atoms with Crippen molar-refractivity contribution in [2.45, 2.75) is 11.8 Å². The third kappa shape index (κ3) is 3.89. The number of rotatable bonds is 4. The van der Waals surface area contributed by atoms with E-state index in [2.05, 4.69) is 10.0 Å². The van der Waals surface area contributed by atoms with Gasteiger partial charge in [-0.2, -0.15) is 0 Å². The molecule has 10 heteroatoms. The lowest BCUT2D eigenvalue weighted by Gasteiger charge is -2.10. The summed E-state index contributed by atoms with van der Waals surface area (Å²) in [4.78, 5) is 10.7. The van der Waals surface area contributed by atoms with E-state index < -0.39 is 15.8 Å². The summed E-state index contributed by atoms with van der Waals surface area (Å²) in [5, 5.41) is 2.43. The fourth-order valence-electron chi connectivity index (χ4n) is 1.59. The number of anilines is 2. The molecule has 118 valence electrons. The minimum atomic E-state index is -4.10. The van der Waals surface area contributed by atoms with Gasteiger partial charge in [0.1, 0.15) is 15.0 Å². The SMILES string of the molecule is CC(=O)Nc1ccc(F)c(NS(=O)(=O)c2cc(Cl)sc2Cl)c1. The molecule has 1 amide bonds. The summed E-state index contributed by atoms with van der Waals surface area (Å²) in [6, 6.07) is 4.68. The lowest BCUT2D eigenvalue weighted by molar-refractivity contribution is -0.114. The van der Waals surface area contributed by atoms with E-state index in [1.165, 1.54) is 19.1 Å². The first-order chi connectivity index (χ1) is 10.2. The molecule has 0 aliphatic heterocycles. The summed E-state index contributed by atoms with van der Waals surface area (Å²) in [7, 11) is -4.10. The molecular weight excluding hydrogens is 374 g/mol. The van der Waals surface area contributed by atoms with E-state index in [1.54, 1.807) is 0 Å². The second kappa shape index (κ2) is 6.41. The Morgan fingerprint density at radius 1 is 1.27 bits per heavy atom. The van der Waals surface area contributed by atoms with Gasteiger partial charge in [-0.25, -0.2) is 12.8 Å². The second-order valence-electron chi connectivity index (χ2n) is 4.17. The smallest absolute Gasteiger partial charge is 0.264 e. The molecule has 0 saturated heterocycles. The van der Waals surface area contributed by atoms with Crippen LogP contribution in [0, 0.1) is 5.82 Å². The van der Waals surface area contributed by atoms with Gasteiger partial charge in [0.15, 0.2) is 0 Å². The van der Waals surface area contributed by atoms with Crippen LogP contribution in [0.25, 0.3) is 0 Å². The van der Waals surface area contributed by atoms with Crippen molar-refractivity contribution in [2.75, 3.05) is 10.0 Å². The molecule has 1 aromatic heterocycles. The van der Waals surface area contributed by atoms with Gasteiger partial charge in [0, 0.05) is 12.6 Å². The maximum Gasteiger partial charge on any atom is 0.264 e. The Balaban J connectivity index is 2.37. The number of carbonyl (C=O) groups excluding carboxylic acids is 1. The normalized spacial score (nSPS) is 11.3. The largest absolute Gasteiger partial charge is 0.326 e. The molecule has 22 heavy (non-hydrogen) atoms. The third-order valence-corrected chi connectivity index (χ3v) is 5.56. The molecule has 0 aliphatic rings. The molecule has 0 fully saturated rings. The third-order valence-electron chi connectivity index (χ3n) is 2.45. The van der Waals surface area contributed by atoms with Crippen LogP contribution in [0.2, 0.25) is 8.67 Å². The van der Waals surface area contributed by atoms with Crippen molar-refractivity contribution in [3.8, 4) is 0 Å². The molecule has 0 atom stereocenters. The molecule has 0 unspecified atom stereocenters. The Hall–Kier alpha value is -1.35. The van der Waals surface area contributed by atoms with E-state index in [9.17, 15) is 17.6 Å². The average molecular weight is 383 g/mol. The number of hydrogen-bond donors (Lipinski definition) is 2. The average Bonchev–Trinajstić information content (AvgIpc) is 2.72. The van der Waals surface area contributed by atoms with Crippen LogP contribution in [0.3, 0.4) is 0 Å². The van der Waals surface area contributed by atoms with Crippen molar-refractivity contribution < 1.29 is 17.6 Å². The van der Waals surface area contributed by atoms with Crippen molar-refractivity contribution in [1.29, 1.82) is 0 Å². The molecule has 1 heterocycles. The van der Waals surface area contributed by atoms with Crippen LogP contribution >= 0.6 is 34.5 Å². The zero-order chi connectivity index (χ0) is 16.5. The fraction of sp³-hybridized carbons (Fsp3) is 0.0833. The predicted molar refractivity (Wildman–Crippen MR) is 85.9 cm³/mol. The van der Waals surface area contributed by atoms with E-state index in [1.807, 2.05) is 0 Å². The van der Waals surface area contributed by atoms with E-state index in [0.717, 1.165) is 23.5 Å². The first-order valence-corrected chi connectivity index (χ1v) is 8.79. The quantitative estimate of drug-likeness (QED) is 0.840. The van der Waals surface area contributed by atoms with Gasteiger partial charge in [0.25, 0.3) is 10.0 Å². The van der Waals surface area contributed by atoms with Crippen molar-refractivity contribution in [3.63, 3.8) is 0 Å². The number of hydrogen-bond acceptors (Lipinski definition) is 4. The second-order valence-corrected chi connectivity index (χ2v) is 8.11. The van der Waals surface area contributed by atoms with E-state index in [-0.39, 0.29) is 30.9 Å². The Kier molecular flexibility index (Phi) is 4.96. The number of halogens is 3. The highest BCUT2D eigenvalue weighted by atomic mass is 35.5. The fourth-order valence-corrected chi connectivity index (χ4v) is 4.80. The van der Waals surface area contributed by atoms with Crippen LogP contribution < -0.4 is 10.0 Å². The summed E-state index contributed by atoms with van der Waals surface area (Å²) in [5.74, 6) is -1.16. The number of nitrogens with one attached hydrogen (secondary N) is 2. The minimum absolute atomic E-state index is 0.0316. The predicted octanol–water partition coefficient (Wildman–Crippen LogP) is 3.95. The Morgan fingerprint density at radius 2 is 1.95 bits per heavy atom. The maximum absolute atomic E-state index is 13.8. The van der Waals surface area contributed by atoms with E-state index >= 15 is 0 Å². The lowest BCUT2D eigenvalue weighted by Crippen LogP contribution is -2.14. The summed E-state index contributed by atoms with van der Waals surface area (Å²) < 4.78 is 40.4. The maximum atomic E-state index is 13.8. The zero-order valence-corrected chi connectivity index (χ0v) is 14.1. The van der Waals surface area contributed by atoms with Crippen LogP contribution in [0.15, 0.2) is 29.2 Å². The summed E-state index contributed by atoms with van der Waals surface area (Å²) >= 11 is 12.4. The van der Waals surface area contributed by atoms with Gasteiger partial charge in [0.05, 0.1) is 10.0 Å². The van der Waals surface area contributed by atoms with Crippen molar-refractivity contribution >= 4 is 61.8 Å². The summed E-state index contributed by atoms with van der Waals surface area (Å²) in [6.07, 6.45) is 0. The van der Waals surface area contributed by atoms with Crippen molar-refractivity contribution in [2.24, 2.45) is 0 Å². The highest BCUT2D eigenvalue weighted by Crippen LogP contribution is 2.35. The molecule has 5 nitrogen and oxygen atoms in total. The molecular formula is C12H9Cl2FN2O3S2. The van der Waals surface area contributed by atoms with Crippen LogP contribution in [-0.4, -0.2) is 14.3 Å². The van der Waals surface area contributed by atoms with Gasteiger partial charge in [-0.05, 0) is 24.3 Å². The molecule has 0 bridgehead atoms. The van der Waals surface area contributed by atoms with Crippen LogP contribution in [-0.2, 0) is 14.8 Å². The molecule has 2 N–H and O–H groups in total. The van der Waals surface area contributed by atoms with Gasteiger partial charge in [-0.1, -0.05) is 23.2 Å². The van der Waals surface area contributed by atoms with Gasteiger partial charge in [-0.15, -0.1) is 11.3 Å². The van der Waals surface area contributed by atoms with Crippen LogP contribution in [0.5, 0.6) is 0 Å². The van der Waals surface area contributed by atoms with E-state index in [0.29, 0.717) is 0 Å². The Bertz CT molecular complexity index is 837. The van der Waals surface area contributed by atoms with Gasteiger partial charge in [-0.3, -0.25) is 9.52 Å². The number of benzene rings is 1. The van der Waals surface area contributed by atoms with Crippen molar-refractivity contribution in [1.82, 2.24) is 0 Å². The molecule has 0 spiro atoms. The molecule has 0 aliphatic carbocycles. The van der Waals surface area contributed by atoms with Crippen LogP contribution in [0.4, 0.5) is 15.8 Å². The van der Waals surface area contributed by atoms with Gasteiger partial charge < -0.3 is 5.32 Å². The standard InChI is InChI=1S/C12H9Cl2FN2O3S2/c1-6(18)16-7-2-3-8(15)9(4-7)17-22(19,20)10-5-11(13)21-12(10)14/h2-5,17H,1H3,(H,16,18). The number of sulfonamides is 1. The molecule has 2 aromatic rings. The van der Waals surface area contributed by atoms with Crippen LogP contribution in [0.1, 0.15) is 6.92 Å². The molecule has 1 aromatic carbocycles. The summed E-state index contributed by atoms with van der Waals surface area (Å²) in [6.45, 7) is 1.28. The number of amides is 1. The monoisotopic (exact) mass is 382 g/mol. The van der Waals surface area contributed by atoms with E-state index in [4.69, 9.17) is 23.2 Å². The van der Waals surface area contributed by atoms with Gasteiger partial charge in [0.2, 0.25) is 5.91 Å². The minimum Gasteiger partial charge on any atom is -0.326 e. The topological polar surface area (TPSA) is 75.3 Å². The Morgan fingerprint density at radius 3 is 2.50 bits per heavy atom.